The molecule has 2 heterocycles. The second-order valence-corrected chi connectivity index (χ2v) is 11.9. The molecule has 240 valence electrons. The first-order valence-electron chi connectivity index (χ1n) is 16.5. The summed E-state index contributed by atoms with van der Waals surface area (Å²) in [5.74, 6) is 0.694. The summed E-state index contributed by atoms with van der Waals surface area (Å²) in [6.45, 7) is 4.47. The fourth-order valence-electron chi connectivity index (χ4n) is 7.03. The van der Waals surface area contributed by atoms with E-state index in [1.807, 2.05) is 0 Å². The molecule has 2 unspecified atom stereocenters. The van der Waals surface area contributed by atoms with E-state index < -0.39 is 0 Å². The molecule has 2 aromatic carbocycles. The Balaban J connectivity index is 0.000000180. The molecule has 0 N–H and O–H groups in total. The quantitative estimate of drug-likeness (QED) is 0.278. The summed E-state index contributed by atoms with van der Waals surface area (Å²) >= 11 is 0. The predicted octanol–water partition coefficient (Wildman–Crippen LogP) is 3.64. The molecule has 4 aliphatic carbocycles. The molecule has 0 amide bonds. The van der Waals surface area contributed by atoms with E-state index in [1.54, 1.807) is 0 Å². The molecule has 4 heteroatoms. The molecule has 0 radical (unpaired) electrons. The second kappa shape index (κ2) is 15.9. The normalized spacial score (nSPS) is 18.6. The average molecular weight is 668 g/mol. The van der Waals surface area contributed by atoms with Crippen molar-refractivity contribution in [1.82, 2.24) is 0 Å². The van der Waals surface area contributed by atoms with Crippen molar-refractivity contribution >= 4 is 11.4 Å². The zero-order valence-electron chi connectivity index (χ0n) is 27.4. The SMILES string of the molecule is CCC1=C([n+]2ccccc2)C2=CC=CC(c3ccccc3)C2=C1.CCC1=C([n+]2ccccc2)C2=CC=CC(c3ccccc3)C2=C1.[Cl-].[Cl-]. The number of aromatic nitrogens is 2. The van der Waals surface area contributed by atoms with Crippen LogP contribution in [0.1, 0.15) is 49.7 Å². The van der Waals surface area contributed by atoms with Crippen molar-refractivity contribution in [3.63, 3.8) is 0 Å². The molecular formula is C44H40Cl2N2. The smallest absolute Gasteiger partial charge is 0.221 e. The van der Waals surface area contributed by atoms with Crippen LogP contribution in [0.2, 0.25) is 0 Å². The molecule has 0 saturated heterocycles. The molecule has 0 bridgehead atoms. The lowest BCUT2D eigenvalue weighted by Gasteiger charge is -2.19. The van der Waals surface area contributed by atoms with Gasteiger partial charge in [0.2, 0.25) is 11.4 Å². The van der Waals surface area contributed by atoms with Crippen LogP contribution in [-0.2, 0) is 0 Å². The second-order valence-electron chi connectivity index (χ2n) is 11.9. The third-order valence-electron chi connectivity index (χ3n) is 9.23. The zero-order chi connectivity index (χ0) is 31.3. The first-order valence-corrected chi connectivity index (χ1v) is 16.5. The van der Waals surface area contributed by atoms with Crippen molar-refractivity contribution in [2.24, 2.45) is 0 Å². The van der Waals surface area contributed by atoms with Crippen molar-refractivity contribution < 1.29 is 33.9 Å². The summed E-state index contributed by atoms with van der Waals surface area (Å²) in [4.78, 5) is 0. The maximum Gasteiger partial charge on any atom is 0.221 e. The van der Waals surface area contributed by atoms with Gasteiger partial charge in [-0.1, -0.05) is 111 Å². The van der Waals surface area contributed by atoms with Crippen LogP contribution in [0.5, 0.6) is 0 Å². The number of pyridine rings is 2. The summed E-state index contributed by atoms with van der Waals surface area (Å²) < 4.78 is 4.49. The highest BCUT2D eigenvalue weighted by atomic mass is 35.5. The Morgan fingerprint density at radius 1 is 0.479 bits per heavy atom. The minimum absolute atomic E-state index is 0. The monoisotopic (exact) mass is 666 g/mol. The highest BCUT2D eigenvalue weighted by Gasteiger charge is 2.34. The summed E-state index contributed by atoms with van der Waals surface area (Å²) in [5, 5.41) is 0. The number of hydrogen-bond acceptors (Lipinski definition) is 0. The van der Waals surface area contributed by atoms with Crippen molar-refractivity contribution in [2.75, 3.05) is 0 Å². The van der Waals surface area contributed by atoms with Gasteiger partial charge in [-0.3, -0.25) is 0 Å². The average Bonchev–Trinajstić information content (AvgIpc) is 3.72. The third kappa shape index (κ3) is 6.78. The maximum absolute atomic E-state index is 2.39. The van der Waals surface area contributed by atoms with E-state index >= 15 is 0 Å². The van der Waals surface area contributed by atoms with E-state index in [0.717, 1.165) is 12.8 Å². The van der Waals surface area contributed by atoms with E-state index in [9.17, 15) is 0 Å². The number of nitrogens with zero attached hydrogens (tertiary/aromatic N) is 2. The van der Waals surface area contributed by atoms with Crippen LogP contribution in [-0.4, -0.2) is 0 Å². The topological polar surface area (TPSA) is 7.76 Å². The summed E-state index contributed by atoms with van der Waals surface area (Å²) in [7, 11) is 0. The fourth-order valence-corrected chi connectivity index (χ4v) is 7.03. The van der Waals surface area contributed by atoms with Crippen LogP contribution in [0.3, 0.4) is 0 Å². The van der Waals surface area contributed by atoms with E-state index in [2.05, 4.69) is 193 Å². The van der Waals surface area contributed by atoms with Crippen molar-refractivity contribution in [2.45, 2.75) is 38.5 Å². The van der Waals surface area contributed by atoms with Crippen LogP contribution in [0, 0.1) is 0 Å². The van der Waals surface area contributed by atoms with Crippen molar-refractivity contribution in [3.8, 4) is 0 Å². The Bertz CT molecular complexity index is 1830. The van der Waals surface area contributed by atoms with Gasteiger partial charge in [-0.25, -0.2) is 0 Å². The highest BCUT2D eigenvalue weighted by Crippen LogP contribution is 2.45. The van der Waals surface area contributed by atoms with Crippen LogP contribution in [0.4, 0.5) is 0 Å². The van der Waals surface area contributed by atoms with Gasteiger partial charge >= 0.3 is 0 Å². The third-order valence-corrected chi connectivity index (χ3v) is 9.23. The lowest BCUT2D eigenvalue weighted by molar-refractivity contribution is -0.579. The van der Waals surface area contributed by atoms with Gasteiger partial charge in [-0.05, 0) is 59.4 Å². The van der Waals surface area contributed by atoms with Crippen molar-refractivity contribution in [3.05, 3.63) is 215 Å². The van der Waals surface area contributed by atoms with Crippen molar-refractivity contribution in [1.29, 1.82) is 0 Å². The number of hydrogen-bond donors (Lipinski definition) is 0. The van der Waals surface area contributed by atoms with E-state index in [0.29, 0.717) is 11.8 Å². The number of benzene rings is 2. The molecule has 0 aliphatic heterocycles. The number of allylic oxidation sites excluding steroid dienone is 16. The van der Waals surface area contributed by atoms with Crippen LogP contribution in [0.15, 0.2) is 204 Å². The molecule has 2 aromatic heterocycles. The Hall–Kier alpha value is -4.76. The van der Waals surface area contributed by atoms with E-state index in [4.69, 9.17) is 0 Å². The fraction of sp³-hybridized carbons (Fsp3) is 0.136. The highest BCUT2D eigenvalue weighted by molar-refractivity contribution is 5.80. The number of fused-ring (bicyclic) bond motifs is 2. The molecule has 0 saturated carbocycles. The Kier molecular flexibility index (Phi) is 11.4. The van der Waals surface area contributed by atoms with Crippen LogP contribution < -0.4 is 33.9 Å². The molecular weight excluding hydrogens is 627 g/mol. The standard InChI is InChI=1S/2C22H20N.2ClH/c2*1-2-17-16-21-19(18-10-5-3-6-11-18)12-9-13-20(21)22(17)23-14-7-4-8-15-23;;/h2*3-16,19H,2H2,1H3;2*1H/q2*+1;;/p-2. The molecule has 0 fully saturated rings. The van der Waals surface area contributed by atoms with Gasteiger partial charge in [0, 0.05) is 47.2 Å². The molecule has 8 rings (SSSR count). The molecule has 4 aliphatic rings. The van der Waals surface area contributed by atoms with Crippen LogP contribution in [0.25, 0.3) is 11.4 Å². The van der Waals surface area contributed by atoms with Gasteiger partial charge in [0.1, 0.15) is 0 Å². The Morgan fingerprint density at radius 3 is 1.19 bits per heavy atom. The van der Waals surface area contributed by atoms with Gasteiger partial charge in [-0.2, -0.15) is 9.13 Å². The predicted molar refractivity (Wildman–Crippen MR) is 189 cm³/mol. The van der Waals surface area contributed by atoms with Gasteiger partial charge < -0.3 is 24.8 Å². The van der Waals surface area contributed by atoms with Crippen LogP contribution >= 0.6 is 0 Å². The lowest BCUT2D eigenvalue weighted by atomic mass is 9.84. The summed E-state index contributed by atoms with van der Waals surface area (Å²) in [5.41, 5.74) is 13.7. The molecule has 48 heavy (non-hydrogen) atoms. The van der Waals surface area contributed by atoms with E-state index in [1.165, 1.54) is 56.0 Å². The van der Waals surface area contributed by atoms with Gasteiger partial charge in [0.05, 0.1) is 11.1 Å². The molecule has 2 atom stereocenters. The molecule has 0 spiro atoms. The first kappa shape index (κ1) is 34.6. The van der Waals surface area contributed by atoms with Gasteiger partial charge in [-0.15, -0.1) is 0 Å². The summed E-state index contributed by atoms with van der Waals surface area (Å²) in [6.07, 6.45) is 28.9. The number of rotatable bonds is 6. The largest absolute Gasteiger partial charge is 1.00 e. The van der Waals surface area contributed by atoms with Gasteiger partial charge in [0.25, 0.3) is 0 Å². The Labute approximate surface area is 297 Å². The Morgan fingerprint density at radius 2 is 0.833 bits per heavy atom. The maximum atomic E-state index is 2.39. The minimum Gasteiger partial charge on any atom is -1.00 e. The van der Waals surface area contributed by atoms with E-state index in [-0.39, 0.29) is 24.8 Å². The molecule has 2 nitrogen and oxygen atoms in total. The zero-order valence-corrected chi connectivity index (χ0v) is 28.9. The minimum atomic E-state index is 0. The summed E-state index contributed by atoms with van der Waals surface area (Å²) in [6, 6.07) is 34.0. The number of halogens is 2. The first-order chi connectivity index (χ1) is 22.8. The van der Waals surface area contributed by atoms with Gasteiger partial charge in [0.15, 0.2) is 24.8 Å². The molecule has 4 aromatic rings. The lowest BCUT2D eigenvalue weighted by Crippen LogP contribution is -3.00.